The van der Waals surface area contributed by atoms with Crippen LogP contribution in [0.15, 0.2) is 33.5 Å². The van der Waals surface area contributed by atoms with E-state index in [-0.39, 0.29) is 5.97 Å². The zero-order chi connectivity index (χ0) is 20.2. The second-order valence-electron chi connectivity index (χ2n) is 7.67. The van der Waals surface area contributed by atoms with Crippen LogP contribution in [-0.4, -0.2) is 5.97 Å². The van der Waals surface area contributed by atoms with Crippen molar-refractivity contribution in [2.45, 2.75) is 90.9 Å². The molecular formula is C24H34O4. The summed E-state index contributed by atoms with van der Waals surface area (Å²) in [7, 11) is 0. The van der Waals surface area contributed by atoms with Gasteiger partial charge in [0.15, 0.2) is 0 Å². The van der Waals surface area contributed by atoms with Gasteiger partial charge in [-0.3, -0.25) is 4.79 Å². The molecule has 4 heteroatoms. The highest BCUT2D eigenvalue weighted by Gasteiger charge is 2.08. The van der Waals surface area contributed by atoms with Crippen molar-refractivity contribution in [3.05, 3.63) is 40.2 Å². The van der Waals surface area contributed by atoms with Gasteiger partial charge in [-0.1, -0.05) is 71.1 Å². The summed E-state index contributed by atoms with van der Waals surface area (Å²) >= 11 is 0. The standard InChI is InChI=1S/C24H34O4/c1-3-4-5-6-7-8-9-10-11-12-13-14-23(25)27-20-15-16-21-19(2)17-24(26)28-22(21)18-20/h15-18H,3-14H2,1-2H3. The molecule has 0 aliphatic rings. The van der Waals surface area contributed by atoms with Crippen molar-refractivity contribution in [3.8, 4) is 5.75 Å². The number of benzene rings is 1. The Morgan fingerprint density at radius 2 is 1.50 bits per heavy atom. The van der Waals surface area contributed by atoms with E-state index in [0.717, 1.165) is 23.8 Å². The fourth-order valence-electron chi connectivity index (χ4n) is 3.48. The van der Waals surface area contributed by atoms with Gasteiger partial charge >= 0.3 is 11.6 Å². The predicted molar refractivity (Wildman–Crippen MR) is 114 cm³/mol. The molecule has 0 spiro atoms. The first kappa shape index (κ1) is 22.2. The Hall–Kier alpha value is -2.10. The van der Waals surface area contributed by atoms with Gasteiger partial charge in [-0.15, -0.1) is 0 Å². The summed E-state index contributed by atoms with van der Waals surface area (Å²) in [6, 6.07) is 6.63. The zero-order valence-electron chi connectivity index (χ0n) is 17.4. The molecule has 1 heterocycles. The number of hydrogen-bond donors (Lipinski definition) is 0. The molecule has 1 aromatic heterocycles. The van der Waals surface area contributed by atoms with Gasteiger partial charge in [-0.25, -0.2) is 4.79 Å². The maximum absolute atomic E-state index is 12.0. The first-order chi connectivity index (χ1) is 13.6. The number of hydrogen-bond acceptors (Lipinski definition) is 4. The molecule has 0 radical (unpaired) electrons. The van der Waals surface area contributed by atoms with Crippen LogP contribution in [0, 0.1) is 6.92 Å². The van der Waals surface area contributed by atoms with Gasteiger partial charge in [0.2, 0.25) is 0 Å². The molecule has 0 bridgehead atoms. The van der Waals surface area contributed by atoms with E-state index >= 15 is 0 Å². The molecule has 0 unspecified atom stereocenters. The van der Waals surface area contributed by atoms with Gasteiger partial charge < -0.3 is 9.15 Å². The van der Waals surface area contributed by atoms with Crippen LogP contribution < -0.4 is 10.4 Å². The molecule has 0 aliphatic carbocycles. The smallest absolute Gasteiger partial charge is 0.336 e. The van der Waals surface area contributed by atoms with Crippen molar-refractivity contribution >= 4 is 16.9 Å². The molecule has 2 rings (SSSR count). The van der Waals surface area contributed by atoms with Crippen LogP contribution in [-0.2, 0) is 4.79 Å². The Morgan fingerprint density at radius 1 is 0.893 bits per heavy atom. The van der Waals surface area contributed by atoms with Crippen LogP contribution >= 0.6 is 0 Å². The Balaban J connectivity index is 1.60. The van der Waals surface area contributed by atoms with Crippen LogP contribution in [0.5, 0.6) is 5.75 Å². The number of aryl methyl sites for hydroxylation is 1. The van der Waals surface area contributed by atoms with E-state index in [1.54, 1.807) is 12.1 Å². The fraction of sp³-hybridized carbons (Fsp3) is 0.583. The molecule has 0 aliphatic heterocycles. The van der Waals surface area contributed by atoms with E-state index in [2.05, 4.69) is 6.92 Å². The number of unbranched alkanes of at least 4 members (excludes halogenated alkanes) is 10. The highest BCUT2D eigenvalue weighted by molar-refractivity contribution is 5.82. The number of rotatable bonds is 13. The highest BCUT2D eigenvalue weighted by Crippen LogP contribution is 2.22. The number of esters is 1. The fourth-order valence-corrected chi connectivity index (χ4v) is 3.48. The maximum Gasteiger partial charge on any atom is 0.336 e. The average Bonchev–Trinajstić information content (AvgIpc) is 2.65. The molecule has 4 nitrogen and oxygen atoms in total. The van der Waals surface area contributed by atoms with Crippen LogP contribution in [0.4, 0.5) is 0 Å². The van der Waals surface area contributed by atoms with E-state index in [4.69, 9.17) is 9.15 Å². The van der Waals surface area contributed by atoms with Gasteiger partial charge in [0.05, 0.1) is 0 Å². The molecule has 0 atom stereocenters. The minimum atomic E-state index is -0.394. The summed E-state index contributed by atoms with van der Waals surface area (Å²) in [5, 5.41) is 0.852. The number of carbonyl (C=O) groups excluding carboxylic acids is 1. The van der Waals surface area contributed by atoms with Crippen molar-refractivity contribution in [3.63, 3.8) is 0 Å². The lowest BCUT2D eigenvalue weighted by molar-refractivity contribution is -0.134. The van der Waals surface area contributed by atoms with Gasteiger partial charge in [0, 0.05) is 23.9 Å². The first-order valence-corrected chi connectivity index (χ1v) is 10.9. The molecule has 0 saturated heterocycles. The van der Waals surface area contributed by atoms with E-state index in [9.17, 15) is 9.59 Å². The third-order valence-corrected chi connectivity index (χ3v) is 5.14. The van der Waals surface area contributed by atoms with Crippen molar-refractivity contribution in [2.24, 2.45) is 0 Å². The van der Waals surface area contributed by atoms with E-state index < -0.39 is 5.63 Å². The minimum absolute atomic E-state index is 0.231. The molecule has 2 aromatic rings. The SMILES string of the molecule is CCCCCCCCCCCCCC(=O)Oc1ccc2c(C)cc(=O)oc2c1. The second-order valence-corrected chi connectivity index (χ2v) is 7.67. The quantitative estimate of drug-likeness (QED) is 0.166. The molecule has 154 valence electrons. The maximum atomic E-state index is 12.0. The molecule has 0 fully saturated rings. The normalized spacial score (nSPS) is 11.1. The van der Waals surface area contributed by atoms with Crippen LogP contribution in [0.3, 0.4) is 0 Å². The van der Waals surface area contributed by atoms with Crippen molar-refractivity contribution in [1.82, 2.24) is 0 Å². The van der Waals surface area contributed by atoms with E-state index in [1.165, 1.54) is 63.9 Å². The van der Waals surface area contributed by atoms with Crippen LogP contribution in [0.1, 0.15) is 89.5 Å². The van der Waals surface area contributed by atoms with Crippen LogP contribution in [0.2, 0.25) is 0 Å². The lowest BCUT2D eigenvalue weighted by Gasteiger charge is -2.06. The zero-order valence-corrected chi connectivity index (χ0v) is 17.4. The van der Waals surface area contributed by atoms with Crippen LogP contribution in [0.25, 0.3) is 11.0 Å². The van der Waals surface area contributed by atoms with Gasteiger partial charge in [-0.2, -0.15) is 0 Å². The molecule has 1 aromatic carbocycles. The lowest BCUT2D eigenvalue weighted by atomic mass is 10.1. The predicted octanol–water partition coefficient (Wildman–Crippen LogP) is 6.71. The number of ether oxygens (including phenoxy) is 1. The summed E-state index contributed by atoms with van der Waals surface area (Å²) in [6.45, 7) is 4.11. The Labute approximate surface area is 168 Å². The Morgan fingerprint density at radius 3 is 2.14 bits per heavy atom. The largest absolute Gasteiger partial charge is 0.426 e. The summed E-state index contributed by atoms with van der Waals surface area (Å²) in [5.41, 5.74) is 0.907. The van der Waals surface area contributed by atoms with Crippen molar-refractivity contribution in [1.29, 1.82) is 0 Å². The summed E-state index contributed by atoms with van der Waals surface area (Å²) in [5.74, 6) is 0.194. The monoisotopic (exact) mass is 386 g/mol. The molecule has 28 heavy (non-hydrogen) atoms. The second kappa shape index (κ2) is 12.4. The van der Waals surface area contributed by atoms with Gasteiger partial charge in [0.1, 0.15) is 11.3 Å². The van der Waals surface area contributed by atoms with E-state index in [0.29, 0.717) is 17.8 Å². The molecule has 0 amide bonds. The summed E-state index contributed by atoms with van der Waals surface area (Å²) in [6.07, 6.45) is 14.2. The van der Waals surface area contributed by atoms with Crippen molar-refractivity contribution < 1.29 is 13.9 Å². The molecule has 0 saturated carbocycles. The average molecular weight is 387 g/mol. The van der Waals surface area contributed by atoms with E-state index in [1.807, 2.05) is 13.0 Å². The third-order valence-electron chi connectivity index (χ3n) is 5.14. The molecule has 0 N–H and O–H groups in total. The minimum Gasteiger partial charge on any atom is -0.426 e. The van der Waals surface area contributed by atoms with Gasteiger partial charge in [0.25, 0.3) is 0 Å². The first-order valence-electron chi connectivity index (χ1n) is 10.9. The lowest BCUT2D eigenvalue weighted by Crippen LogP contribution is -2.07. The molecular weight excluding hydrogens is 352 g/mol. The third kappa shape index (κ3) is 7.87. The number of fused-ring (bicyclic) bond motifs is 1. The Kier molecular flexibility index (Phi) is 9.81. The van der Waals surface area contributed by atoms with Crippen molar-refractivity contribution in [2.75, 3.05) is 0 Å². The highest BCUT2D eigenvalue weighted by atomic mass is 16.5. The Bertz CT molecular complexity index is 791. The topological polar surface area (TPSA) is 56.5 Å². The summed E-state index contributed by atoms with van der Waals surface area (Å²) < 4.78 is 10.6. The van der Waals surface area contributed by atoms with Gasteiger partial charge in [-0.05, 0) is 31.0 Å². The number of carbonyl (C=O) groups is 1. The summed E-state index contributed by atoms with van der Waals surface area (Å²) in [4.78, 5) is 23.5.